The van der Waals surface area contributed by atoms with E-state index in [0.29, 0.717) is 18.5 Å². The summed E-state index contributed by atoms with van der Waals surface area (Å²) in [6, 6.07) is 22.8. The molecular formula is C27H29N3O3. The second kappa shape index (κ2) is 9.36. The number of aryl methyl sites for hydroxylation is 2. The third-order valence-corrected chi connectivity index (χ3v) is 6.33. The number of carbonyl (C=O) groups excluding carboxylic acids is 2. The van der Waals surface area contributed by atoms with Crippen LogP contribution >= 0.6 is 0 Å². The summed E-state index contributed by atoms with van der Waals surface area (Å²) in [5.74, 6) is 0.567. The Balaban J connectivity index is 1.68. The number of hydrogen-bond acceptors (Lipinski definition) is 3. The van der Waals surface area contributed by atoms with Gasteiger partial charge in [-0.05, 0) is 61.2 Å². The van der Waals surface area contributed by atoms with E-state index in [1.807, 2.05) is 68.4 Å². The second-order valence-electron chi connectivity index (χ2n) is 8.39. The molecule has 1 aliphatic heterocycles. The van der Waals surface area contributed by atoms with E-state index in [4.69, 9.17) is 4.74 Å². The second-order valence-corrected chi connectivity index (χ2v) is 8.39. The molecule has 4 rings (SSSR count). The SMILES string of the molecule is COc1ccc(CCN2C(=O)NCC2(NC(=O)c2ccccc2)c2ccc(C)c(C)c2)cc1. The van der Waals surface area contributed by atoms with Crippen molar-refractivity contribution in [2.45, 2.75) is 25.9 Å². The Morgan fingerprint density at radius 3 is 2.42 bits per heavy atom. The molecule has 1 aliphatic rings. The molecule has 3 aromatic carbocycles. The molecule has 0 bridgehead atoms. The van der Waals surface area contributed by atoms with Gasteiger partial charge in [-0.25, -0.2) is 4.79 Å². The first kappa shape index (κ1) is 22.4. The van der Waals surface area contributed by atoms with Gasteiger partial charge in [0, 0.05) is 17.7 Å². The summed E-state index contributed by atoms with van der Waals surface area (Å²) >= 11 is 0. The number of methoxy groups -OCH3 is 1. The topological polar surface area (TPSA) is 70.7 Å². The summed E-state index contributed by atoms with van der Waals surface area (Å²) in [4.78, 5) is 28.0. The molecule has 3 aromatic rings. The zero-order valence-electron chi connectivity index (χ0n) is 19.2. The minimum atomic E-state index is -0.991. The zero-order chi connectivity index (χ0) is 23.4. The van der Waals surface area contributed by atoms with Crippen LogP contribution in [0.25, 0.3) is 0 Å². The largest absolute Gasteiger partial charge is 0.497 e. The van der Waals surface area contributed by atoms with Gasteiger partial charge in [-0.1, -0.05) is 48.5 Å². The van der Waals surface area contributed by atoms with E-state index in [1.165, 1.54) is 0 Å². The van der Waals surface area contributed by atoms with E-state index in [0.717, 1.165) is 28.0 Å². The highest BCUT2D eigenvalue weighted by molar-refractivity contribution is 5.95. The number of carbonyl (C=O) groups is 2. The summed E-state index contributed by atoms with van der Waals surface area (Å²) in [6.07, 6.45) is 0.644. The maximum atomic E-state index is 13.2. The molecule has 3 amide bonds. The Kier molecular flexibility index (Phi) is 6.36. The lowest BCUT2D eigenvalue weighted by atomic mass is 9.94. The van der Waals surface area contributed by atoms with Crippen LogP contribution in [-0.2, 0) is 12.1 Å². The number of rotatable bonds is 7. The molecule has 1 atom stereocenters. The maximum Gasteiger partial charge on any atom is 0.319 e. The molecule has 1 heterocycles. The summed E-state index contributed by atoms with van der Waals surface area (Å²) in [5.41, 5.74) is 3.78. The Labute approximate surface area is 194 Å². The molecule has 1 saturated heterocycles. The minimum Gasteiger partial charge on any atom is -0.497 e. The van der Waals surface area contributed by atoms with Gasteiger partial charge in [0.15, 0.2) is 5.66 Å². The van der Waals surface area contributed by atoms with E-state index in [-0.39, 0.29) is 18.5 Å². The Hall–Kier alpha value is -3.80. The fraction of sp³-hybridized carbons (Fsp3) is 0.259. The first-order chi connectivity index (χ1) is 15.9. The van der Waals surface area contributed by atoms with E-state index >= 15 is 0 Å². The lowest BCUT2D eigenvalue weighted by Crippen LogP contribution is -2.57. The van der Waals surface area contributed by atoms with E-state index in [9.17, 15) is 9.59 Å². The lowest BCUT2D eigenvalue weighted by Gasteiger charge is -2.38. The third-order valence-electron chi connectivity index (χ3n) is 6.33. The summed E-state index contributed by atoms with van der Waals surface area (Å²) in [5, 5.41) is 6.15. The van der Waals surface area contributed by atoms with Gasteiger partial charge in [0.25, 0.3) is 5.91 Å². The van der Waals surface area contributed by atoms with Gasteiger partial charge in [0.1, 0.15) is 5.75 Å². The van der Waals surface area contributed by atoms with Gasteiger partial charge in [0.05, 0.1) is 13.7 Å². The highest BCUT2D eigenvalue weighted by Gasteiger charge is 2.48. The van der Waals surface area contributed by atoms with E-state index < -0.39 is 5.66 Å². The predicted octanol–water partition coefficient (Wildman–Crippen LogP) is 4.16. The normalized spacial score (nSPS) is 17.5. The van der Waals surface area contributed by atoms with Crippen molar-refractivity contribution in [2.75, 3.05) is 20.2 Å². The van der Waals surface area contributed by atoms with Crippen LogP contribution in [0.15, 0.2) is 72.8 Å². The maximum absolute atomic E-state index is 13.2. The quantitative estimate of drug-likeness (QED) is 0.576. The van der Waals surface area contributed by atoms with Crippen molar-refractivity contribution >= 4 is 11.9 Å². The Bertz CT molecular complexity index is 1150. The van der Waals surface area contributed by atoms with Crippen LogP contribution in [0.3, 0.4) is 0 Å². The summed E-state index contributed by atoms with van der Waals surface area (Å²) in [7, 11) is 1.64. The van der Waals surface area contributed by atoms with Crippen molar-refractivity contribution < 1.29 is 14.3 Å². The van der Waals surface area contributed by atoms with Crippen molar-refractivity contribution in [1.82, 2.24) is 15.5 Å². The molecular weight excluding hydrogens is 414 g/mol. The van der Waals surface area contributed by atoms with Crippen LogP contribution in [0, 0.1) is 13.8 Å². The van der Waals surface area contributed by atoms with Crippen LogP contribution in [0.2, 0.25) is 0 Å². The van der Waals surface area contributed by atoms with Crippen molar-refractivity contribution in [3.05, 3.63) is 101 Å². The average molecular weight is 444 g/mol. The summed E-state index contributed by atoms with van der Waals surface area (Å²) < 4.78 is 5.24. The van der Waals surface area contributed by atoms with Gasteiger partial charge < -0.3 is 15.4 Å². The van der Waals surface area contributed by atoms with Crippen molar-refractivity contribution in [1.29, 1.82) is 0 Å². The van der Waals surface area contributed by atoms with Crippen LogP contribution < -0.4 is 15.4 Å². The van der Waals surface area contributed by atoms with Gasteiger partial charge in [0.2, 0.25) is 0 Å². The minimum absolute atomic E-state index is 0.199. The fourth-order valence-electron chi connectivity index (χ4n) is 4.18. The Morgan fingerprint density at radius 1 is 1.03 bits per heavy atom. The molecule has 170 valence electrons. The standard InChI is InChI=1S/C27H29N3O3/c1-19-9-12-23(17-20(19)2)27(29-25(31)22-7-5-4-6-8-22)18-28-26(32)30(27)16-15-21-10-13-24(33-3)14-11-21/h4-14,17H,15-16,18H2,1-3H3,(H,28,32)(H,29,31). The number of nitrogens with zero attached hydrogens (tertiary/aromatic N) is 1. The van der Waals surface area contributed by atoms with Gasteiger partial charge in [-0.15, -0.1) is 0 Å². The molecule has 0 aliphatic carbocycles. The number of amides is 3. The third kappa shape index (κ3) is 4.55. The molecule has 6 heteroatoms. The van der Waals surface area contributed by atoms with Crippen LogP contribution in [0.5, 0.6) is 5.75 Å². The predicted molar refractivity (Wildman–Crippen MR) is 128 cm³/mol. The molecule has 0 aromatic heterocycles. The van der Waals surface area contributed by atoms with Crippen LogP contribution in [0.1, 0.15) is 32.6 Å². The van der Waals surface area contributed by atoms with Gasteiger partial charge in [-0.2, -0.15) is 0 Å². The van der Waals surface area contributed by atoms with E-state index in [2.05, 4.69) is 16.7 Å². The number of nitrogens with one attached hydrogen (secondary N) is 2. The molecule has 0 saturated carbocycles. The average Bonchev–Trinajstić information content (AvgIpc) is 3.16. The van der Waals surface area contributed by atoms with E-state index in [1.54, 1.807) is 24.1 Å². The van der Waals surface area contributed by atoms with Crippen LogP contribution in [0.4, 0.5) is 4.79 Å². The monoisotopic (exact) mass is 443 g/mol. The summed E-state index contributed by atoms with van der Waals surface area (Å²) in [6.45, 7) is 4.82. The molecule has 33 heavy (non-hydrogen) atoms. The molecule has 1 fully saturated rings. The first-order valence-corrected chi connectivity index (χ1v) is 11.1. The molecule has 2 N–H and O–H groups in total. The van der Waals surface area contributed by atoms with Crippen molar-refractivity contribution in [3.8, 4) is 5.75 Å². The number of hydrogen-bond donors (Lipinski definition) is 2. The molecule has 0 radical (unpaired) electrons. The highest BCUT2D eigenvalue weighted by atomic mass is 16.5. The lowest BCUT2D eigenvalue weighted by molar-refractivity contribution is 0.0761. The van der Waals surface area contributed by atoms with Crippen LogP contribution in [-0.4, -0.2) is 37.0 Å². The van der Waals surface area contributed by atoms with Crippen molar-refractivity contribution in [2.24, 2.45) is 0 Å². The molecule has 1 unspecified atom stereocenters. The van der Waals surface area contributed by atoms with Crippen molar-refractivity contribution in [3.63, 3.8) is 0 Å². The van der Waals surface area contributed by atoms with Gasteiger partial charge in [-0.3, -0.25) is 9.69 Å². The van der Waals surface area contributed by atoms with Gasteiger partial charge >= 0.3 is 6.03 Å². The number of urea groups is 1. The molecule has 0 spiro atoms. The number of ether oxygens (including phenoxy) is 1. The Morgan fingerprint density at radius 2 is 1.76 bits per heavy atom. The number of benzene rings is 3. The molecule has 6 nitrogen and oxygen atoms in total. The first-order valence-electron chi connectivity index (χ1n) is 11.1. The zero-order valence-corrected chi connectivity index (χ0v) is 19.2. The fourth-order valence-corrected chi connectivity index (χ4v) is 4.18. The highest BCUT2D eigenvalue weighted by Crippen LogP contribution is 2.32. The smallest absolute Gasteiger partial charge is 0.319 e.